The number of carbonyl (C=O) groups excluding carboxylic acids is 1. The lowest BCUT2D eigenvalue weighted by molar-refractivity contribution is -0.137. The molecule has 0 aliphatic carbocycles. The van der Waals surface area contributed by atoms with Crippen LogP contribution in [0.3, 0.4) is 0 Å². The van der Waals surface area contributed by atoms with E-state index in [4.69, 9.17) is 5.11 Å². The summed E-state index contributed by atoms with van der Waals surface area (Å²) in [7, 11) is 0. The van der Waals surface area contributed by atoms with Gasteiger partial charge in [-0.25, -0.2) is 4.79 Å². The molecule has 0 spiro atoms. The molecule has 0 bridgehead atoms. The van der Waals surface area contributed by atoms with Crippen molar-refractivity contribution in [1.82, 2.24) is 9.80 Å². The maximum atomic E-state index is 12.3. The summed E-state index contributed by atoms with van der Waals surface area (Å²) < 4.78 is 0. The number of likely N-dealkylation sites (tertiary alicyclic amines) is 1. The normalized spacial score (nSPS) is 19.3. The summed E-state index contributed by atoms with van der Waals surface area (Å²) in [6, 6.07) is -0.200. The van der Waals surface area contributed by atoms with Crippen LogP contribution < -0.4 is 0 Å². The first-order chi connectivity index (χ1) is 8.75. The maximum absolute atomic E-state index is 12.3. The Bertz CT molecular complexity index is 360. The summed E-state index contributed by atoms with van der Waals surface area (Å²) >= 11 is 0. The molecule has 1 aliphatic rings. The number of urea groups is 1. The average Bonchev–Trinajstić information content (AvgIpc) is 2.75. The van der Waals surface area contributed by atoms with E-state index in [9.17, 15) is 9.59 Å². The molecule has 1 heterocycles. The Kier molecular flexibility index (Phi) is 4.97. The third-order valence-corrected chi connectivity index (χ3v) is 3.63. The largest absolute Gasteiger partial charge is 0.480 e. The van der Waals surface area contributed by atoms with Crippen LogP contribution in [0.4, 0.5) is 4.79 Å². The van der Waals surface area contributed by atoms with Crippen molar-refractivity contribution >= 4 is 12.0 Å². The summed E-state index contributed by atoms with van der Waals surface area (Å²) in [5, 5.41) is 8.84. The number of aliphatic carboxylic acids is 1. The topological polar surface area (TPSA) is 60.9 Å². The summed E-state index contributed by atoms with van der Waals surface area (Å²) in [5.41, 5.74) is 0.172. The van der Waals surface area contributed by atoms with Crippen molar-refractivity contribution in [1.29, 1.82) is 0 Å². The second-order valence-corrected chi connectivity index (χ2v) is 6.14. The van der Waals surface area contributed by atoms with Gasteiger partial charge in [0.1, 0.15) is 6.54 Å². The van der Waals surface area contributed by atoms with Gasteiger partial charge in [-0.1, -0.05) is 26.8 Å². The molecule has 2 amide bonds. The van der Waals surface area contributed by atoms with Crippen LogP contribution in [0.25, 0.3) is 0 Å². The molecule has 0 aromatic heterocycles. The van der Waals surface area contributed by atoms with E-state index in [-0.39, 0.29) is 24.5 Å². The van der Waals surface area contributed by atoms with Gasteiger partial charge in [0.05, 0.1) is 0 Å². The van der Waals surface area contributed by atoms with E-state index >= 15 is 0 Å². The summed E-state index contributed by atoms with van der Waals surface area (Å²) in [6.45, 7) is 11.5. The van der Waals surface area contributed by atoms with Gasteiger partial charge in [0.2, 0.25) is 0 Å². The van der Waals surface area contributed by atoms with Crippen molar-refractivity contribution in [3.63, 3.8) is 0 Å². The molecule has 1 rings (SSSR count). The molecule has 0 saturated carbocycles. The lowest BCUT2D eigenvalue weighted by Crippen LogP contribution is -2.44. The molecule has 1 atom stereocenters. The molecule has 0 aromatic carbocycles. The van der Waals surface area contributed by atoms with E-state index in [1.807, 2.05) is 0 Å². The highest BCUT2D eigenvalue weighted by molar-refractivity contribution is 5.80. The van der Waals surface area contributed by atoms with Crippen LogP contribution in [0.5, 0.6) is 0 Å². The lowest BCUT2D eigenvalue weighted by atomic mass is 9.80. The molecule has 5 nitrogen and oxygen atoms in total. The van der Waals surface area contributed by atoms with Crippen molar-refractivity contribution in [2.75, 3.05) is 26.2 Å². The number of amides is 2. The summed E-state index contributed by atoms with van der Waals surface area (Å²) in [5.74, 6) is -0.534. The Morgan fingerprint density at radius 1 is 1.47 bits per heavy atom. The van der Waals surface area contributed by atoms with Gasteiger partial charge in [-0.2, -0.15) is 0 Å². The van der Waals surface area contributed by atoms with Crippen LogP contribution in [0, 0.1) is 11.3 Å². The first-order valence-corrected chi connectivity index (χ1v) is 6.62. The van der Waals surface area contributed by atoms with Gasteiger partial charge in [0, 0.05) is 19.6 Å². The number of hydrogen-bond acceptors (Lipinski definition) is 2. The van der Waals surface area contributed by atoms with Crippen LogP contribution in [-0.4, -0.2) is 53.1 Å². The van der Waals surface area contributed by atoms with Gasteiger partial charge in [-0.15, -0.1) is 6.58 Å². The van der Waals surface area contributed by atoms with Crippen molar-refractivity contribution in [3.05, 3.63) is 12.7 Å². The van der Waals surface area contributed by atoms with Crippen LogP contribution in [0.15, 0.2) is 12.7 Å². The maximum Gasteiger partial charge on any atom is 0.323 e. The predicted octanol–water partition coefficient (Wildman–Crippen LogP) is 2.05. The van der Waals surface area contributed by atoms with Crippen LogP contribution in [-0.2, 0) is 4.79 Å². The molecule has 0 aromatic rings. The summed E-state index contributed by atoms with van der Waals surface area (Å²) in [6.07, 6.45) is 2.53. The second-order valence-electron chi connectivity index (χ2n) is 6.14. The molecule has 1 unspecified atom stereocenters. The van der Waals surface area contributed by atoms with Crippen molar-refractivity contribution < 1.29 is 14.7 Å². The molecule has 19 heavy (non-hydrogen) atoms. The second kappa shape index (κ2) is 6.08. The van der Waals surface area contributed by atoms with E-state index in [2.05, 4.69) is 27.4 Å². The molecule has 5 heteroatoms. The van der Waals surface area contributed by atoms with Gasteiger partial charge < -0.3 is 14.9 Å². The number of carbonyl (C=O) groups is 2. The molecule has 1 fully saturated rings. The fourth-order valence-electron chi connectivity index (χ4n) is 2.37. The molecule has 1 aliphatic heterocycles. The van der Waals surface area contributed by atoms with Crippen LogP contribution in [0.1, 0.15) is 27.2 Å². The zero-order chi connectivity index (χ0) is 14.6. The van der Waals surface area contributed by atoms with E-state index in [0.717, 1.165) is 6.42 Å². The lowest BCUT2D eigenvalue weighted by Gasteiger charge is -2.29. The fourth-order valence-corrected chi connectivity index (χ4v) is 2.37. The molecule has 0 radical (unpaired) electrons. The molecule has 1 N–H and O–H groups in total. The zero-order valence-corrected chi connectivity index (χ0v) is 12.1. The average molecular weight is 268 g/mol. The number of carboxylic acid groups (broad SMARTS) is 1. The monoisotopic (exact) mass is 268 g/mol. The van der Waals surface area contributed by atoms with Crippen molar-refractivity contribution in [2.24, 2.45) is 11.3 Å². The van der Waals surface area contributed by atoms with E-state index in [1.54, 1.807) is 11.0 Å². The number of carboxylic acids is 1. The minimum atomic E-state index is -0.998. The molecular weight excluding hydrogens is 244 g/mol. The minimum Gasteiger partial charge on any atom is -0.480 e. The van der Waals surface area contributed by atoms with Gasteiger partial charge in [-0.3, -0.25) is 4.79 Å². The molecule has 1 saturated heterocycles. The number of rotatable bonds is 4. The Morgan fingerprint density at radius 2 is 2.11 bits per heavy atom. The third kappa shape index (κ3) is 4.26. The zero-order valence-electron chi connectivity index (χ0n) is 12.1. The Balaban J connectivity index is 2.66. The van der Waals surface area contributed by atoms with Gasteiger partial charge in [0.15, 0.2) is 0 Å². The van der Waals surface area contributed by atoms with E-state index in [0.29, 0.717) is 19.0 Å². The Morgan fingerprint density at radius 3 is 2.53 bits per heavy atom. The summed E-state index contributed by atoms with van der Waals surface area (Å²) in [4.78, 5) is 26.1. The van der Waals surface area contributed by atoms with Crippen molar-refractivity contribution in [3.8, 4) is 0 Å². The first-order valence-electron chi connectivity index (χ1n) is 6.62. The minimum absolute atomic E-state index is 0.172. The molecule has 108 valence electrons. The quantitative estimate of drug-likeness (QED) is 0.794. The van der Waals surface area contributed by atoms with E-state index < -0.39 is 5.97 Å². The predicted molar refractivity (Wildman–Crippen MR) is 73.9 cm³/mol. The van der Waals surface area contributed by atoms with Crippen LogP contribution in [0.2, 0.25) is 0 Å². The third-order valence-electron chi connectivity index (χ3n) is 3.63. The van der Waals surface area contributed by atoms with E-state index in [1.165, 1.54) is 4.90 Å². The fraction of sp³-hybridized carbons (Fsp3) is 0.714. The Hall–Kier alpha value is -1.52. The smallest absolute Gasteiger partial charge is 0.323 e. The standard InChI is InChI=1S/C14H24N2O3/c1-5-7-15(10-12(17)18)13(19)16-8-6-11(9-16)14(2,3)4/h5,11H,1,6-10H2,2-4H3,(H,17,18). The molecular formula is C14H24N2O3. The highest BCUT2D eigenvalue weighted by Crippen LogP contribution is 2.33. The van der Waals surface area contributed by atoms with Crippen molar-refractivity contribution in [2.45, 2.75) is 27.2 Å². The van der Waals surface area contributed by atoms with Crippen LogP contribution >= 0.6 is 0 Å². The van der Waals surface area contributed by atoms with Gasteiger partial charge >= 0.3 is 12.0 Å². The number of hydrogen-bond donors (Lipinski definition) is 1. The first kappa shape index (κ1) is 15.5. The Labute approximate surface area is 114 Å². The number of nitrogens with zero attached hydrogens (tertiary/aromatic N) is 2. The highest BCUT2D eigenvalue weighted by Gasteiger charge is 2.35. The van der Waals surface area contributed by atoms with Gasteiger partial charge in [-0.05, 0) is 17.8 Å². The van der Waals surface area contributed by atoms with Gasteiger partial charge in [0.25, 0.3) is 0 Å². The highest BCUT2D eigenvalue weighted by atomic mass is 16.4. The SMILES string of the molecule is C=CCN(CC(=O)O)C(=O)N1CCC(C(C)(C)C)C1.